The van der Waals surface area contributed by atoms with Crippen molar-refractivity contribution in [2.24, 2.45) is 5.92 Å². The molecule has 0 radical (unpaired) electrons. The average molecular weight is 304 g/mol. The van der Waals surface area contributed by atoms with Crippen molar-refractivity contribution in [2.75, 3.05) is 38.2 Å². The fourth-order valence-corrected chi connectivity index (χ4v) is 2.83. The second-order valence-corrected chi connectivity index (χ2v) is 5.89. The Kier molecular flexibility index (Phi) is 6.72. The van der Waals surface area contributed by atoms with E-state index in [-0.39, 0.29) is 5.91 Å². The van der Waals surface area contributed by atoms with Gasteiger partial charge >= 0.3 is 0 Å². The fourth-order valence-electron chi connectivity index (χ4n) is 2.83. The maximum atomic E-state index is 12.8. The largest absolute Gasteiger partial charge is 0.384 e. The van der Waals surface area contributed by atoms with Crippen LogP contribution in [-0.4, -0.2) is 43.7 Å². The number of hydrogen-bond donors (Lipinski definition) is 1. The monoisotopic (exact) mass is 304 g/mol. The van der Waals surface area contributed by atoms with Crippen LogP contribution in [-0.2, 0) is 4.74 Å². The Morgan fingerprint density at radius 1 is 1.36 bits per heavy atom. The number of benzene rings is 1. The zero-order chi connectivity index (χ0) is 15.8. The molecule has 0 aliphatic carbocycles. The van der Waals surface area contributed by atoms with Gasteiger partial charge in [0.15, 0.2) is 0 Å². The molecule has 1 aliphatic heterocycles. The molecule has 1 aromatic carbocycles. The molecule has 22 heavy (non-hydrogen) atoms. The van der Waals surface area contributed by atoms with Crippen LogP contribution in [0.15, 0.2) is 24.3 Å². The van der Waals surface area contributed by atoms with Gasteiger partial charge < -0.3 is 15.0 Å². The number of unbranched alkanes of at least 4 members (excludes halogenated alkanes) is 1. The van der Waals surface area contributed by atoms with Crippen molar-refractivity contribution in [2.45, 2.75) is 33.1 Å². The summed E-state index contributed by atoms with van der Waals surface area (Å²) in [5.74, 6) is 0.614. The summed E-state index contributed by atoms with van der Waals surface area (Å²) in [4.78, 5) is 14.7. The highest BCUT2D eigenvalue weighted by Gasteiger charge is 2.27. The first-order chi connectivity index (χ1) is 10.8. The van der Waals surface area contributed by atoms with Crippen LogP contribution in [0.3, 0.4) is 0 Å². The molecule has 0 saturated carbocycles. The van der Waals surface area contributed by atoms with Crippen LogP contribution in [0.5, 0.6) is 0 Å². The third-order valence-corrected chi connectivity index (χ3v) is 4.13. The Labute approximate surface area is 133 Å². The highest BCUT2D eigenvalue weighted by Crippen LogP contribution is 2.23. The fraction of sp³-hybridized carbons (Fsp3) is 0.611. The zero-order valence-corrected chi connectivity index (χ0v) is 13.8. The molecule has 122 valence electrons. The topological polar surface area (TPSA) is 41.6 Å². The summed E-state index contributed by atoms with van der Waals surface area (Å²) < 4.78 is 5.49. The van der Waals surface area contributed by atoms with Crippen LogP contribution >= 0.6 is 0 Å². The minimum absolute atomic E-state index is 0.138. The molecular weight excluding hydrogens is 276 g/mol. The molecule has 1 saturated heterocycles. The number of hydrogen-bond acceptors (Lipinski definition) is 3. The Morgan fingerprint density at radius 3 is 2.95 bits per heavy atom. The summed E-state index contributed by atoms with van der Waals surface area (Å²) in [6, 6.07) is 7.84. The zero-order valence-electron chi connectivity index (χ0n) is 13.8. The third kappa shape index (κ3) is 4.47. The molecule has 1 unspecified atom stereocenters. The molecular formula is C18H28N2O2. The second kappa shape index (κ2) is 8.79. The molecule has 1 N–H and O–H groups in total. The number of nitrogens with zero attached hydrogens (tertiary/aromatic N) is 1. The van der Waals surface area contributed by atoms with E-state index in [9.17, 15) is 4.79 Å². The number of rotatable bonds is 8. The Balaban J connectivity index is 1.97. The van der Waals surface area contributed by atoms with Crippen molar-refractivity contribution in [3.63, 3.8) is 0 Å². The first kappa shape index (κ1) is 16.8. The predicted molar refractivity (Wildman–Crippen MR) is 90.3 cm³/mol. The van der Waals surface area contributed by atoms with Crippen LogP contribution in [0, 0.1) is 5.92 Å². The van der Waals surface area contributed by atoms with E-state index < -0.39 is 0 Å². The van der Waals surface area contributed by atoms with Crippen LogP contribution in [0.4, 0.5) is 5.69 Å². The van der Waals surface area contributed by atoms with Gasteiger partial charge in [-0.25, -0.2) is 0 Å². The van der Waals surface area contributed by atoms with Crippen LogP contribution < -0.4 is 5.32 Å². The molecule has 0 spiro atoms. The normalized spacial score (nSPS) is 17.7. The van der Waals surface area contributed by atoms with E-state index in [1.165, 1.54) is 0 Å². The van der Waals surface area contributed by atoms with Gasteiger partial charge in [-0.15, -0.1) is 0 Å². The molecule has 1 atom stereocenters. The maximum absolute atomic E-state index is 12.8. The SMILES string of the molecule is CCCCNc1ccccc1C(=O)N1CCC(COCC)C1. The van der Waals surface area contributed by atoms with E-state index >= 15 is 0 Å². The van der Waals surface area contributed by atoms with Gasteiger partial charge in [-0.05, 0) is 31.9 Å². The highest BCUT2D eigenvalue weighted by molar-refractivity contribution is 5.99. The average Bonchev–Trinajstić information content (AvgIpc) is 3.02. The van der Waals surface area contributed by atoms with E-state index in [0.717, 1.165) is 63.4 Å². The first-order valence-corrected chi connectivity index (χ1v) is 8.46. The van der Waals surface area contributed by atoms with E-state index in [2.05, 4.69) is 12.2 Å². The molecule has 4 nitrogen and oxygen atoms in total. The predicted octanol–water partition coefficient (Wildman–Crippen LogP) is 3.40. The third-order valence-electron chi connectivity index (χ3n) is 4.13. The number of carbonyl (C=O) groups excluding carboxylic acids is 1. The van der Waals surface area contributed by atoms with Crippen molar-refractivity contribution in [1.29, 1.82) is 0 Å². The van der Waals surface area contributed by atoms with Crippen LogP contribution in [0.1, 0.15) is 43.5 Å². The minimum atomic E-state index is 0.138. The number of para-hydroxylation sites is 1. The minimum Gasteiger partial charge on any atom is -0.384 e. The summed E-state index contributed by atoms with van der Waals surface area (Å²) in [7, 11) is 0. The summed E-state index contributed by atoms with van der Waals surface area (Å²) in [5.41, 5.74) is 1.74. The van der Waals surface area contributed by atoms with E-state index in [4.69, 9.17) is 4.74 Å². The van der Waals surface area contributed by atoms with Gasteiger partial charge in [0.2, 0.25) is 0 Å². The van der Waals surface area contributed by atoms with Gasteiger partial charge in [0.05, 0.1) is 12.2 Å². The second-order valence-electron chi connectivity index (χ2n) is 5.89. The number of likely N-dealkylation sites (tertiary alicyclic amines) is 1. The molecule has 1 fully saturated rings. The molecule has 0 aromatic heterocycles. The van der Waals surface area contributed by atoms with Gasteiger partial charge in [0, 0.05) is 37.8 Å². The van der Waals surface area contributed by atoms with Gasteiger partial charge in [0.25, 0.3) is 5.91 Å². The lowest BCUT2D eigenvalue weighted by Crippen LogP contribution is -2.30. The Hall–Kier alpha value is -1.55. The van der Waals surface area contributed by atoms with Gasteiger partial charge in [-0.1, -0.05) is 25.5 Å². The van der Waals surface area contributed by atoms with Gasteiger partial charge in [-0.3, -0.25) is 4.79 Å². The molecule has 1 aromatic rings. The van der Waals surface area contributed by atoms with Gasteiger partial charge in [-0.2, -0.15) is 0 Å². The van der Waals surface area contributed by atoms with E-state index in [0.29, 0.717) is 5.92 Å². The molecule has 2 rings (SSSR count). The lowest BCUT2D eigenvalue weighted by atomic mass is 10.1. The van der Waals surface area contributed by atoms with Crippen molar-refractivity contribution in [3.8, 4) is 0 Å². The Bertz CT molecular complexity index is 476. The van der Waals surface area contributed by atoms with Crippen LogP contribution in [0.25, 0.3) is 0 Å². The molecule has 0 bridgehead atoms. The number of ether oxygens (including phenoxy) is 1. The lowest BCUT2D eigenvalue weighted by molar-refractivity contribution is 0.0763. The number of nitrogens with one attached hydrogen (secondary N) is 1. The number of carbonyl (C=O) groups is 1. The molecule has 4 heteroatoms. The Morgan fingerprint density at radius 2 is 2.18 bits per heavy atom. The van der Waals surface area contributed by atoms with Crippen LogP contribution in [0.2, 0.25) is 0 Å². The molecule has 1 amide bonds. The summed E-state index contributed by atoms with van der Waals surface area (Å²) in [6.07, 6.45) is 3.30. The number of anilines is 1. The summed E-state index contributed by atoms with van der Waals surface area (Å²) in [6.45, 7) is 8.23. The summed E-state index contributed by atoms with van der Waals surface area (Å²) in [5, 5.41) is 3.39. The smallest absolute Gasteiger partial charge is 0.255 e. The van der Waals surface area contributed by atoms with E-state index in [1.807, 2.05) is 36.1 Å². The number of amides is 1. The van der Waals surface area contributed by atoms with Crippen molar-refractivity contribution in [1.82, 2.24) is 4.90 Å². The van der Waals surface area contributed by atoms with Crippen molar-refractivity contribution >= 4 is 11.6 Å². The first-order valence-electron chi connectivity index (χ1n) is 8.46. The van der Waals surface area contributed by atoms with Gasteiger partial charge in [0.1, 0.15) is 0 Å². The summed E-state index contributed by atoms with van der Waals surface area (Å²) >= 11 is 0. The standard InChI is InChI=1S/C18H28N2O2/c1-3-5-11-19-17-9-7-6-8-16(17)18(21)20-12-10-15(13-20)14-22-4-2/h6-9,15,19H,3-5,10-14H2,1-2H3. The van der Waals surface area contributed by atoms with Crippen molar-refractivity contribution < 1.29 is 9.53 Å². The van der Waals surface area contributed by atoms with Crippen molar-refractivity contribution in [3.05, 3.63) is 29.8 Å². The molecule has 1 aliphatic rings. The highest BCUT2D eigenvalue weighted by atomic mass is 16.5. The maximum Gasteiger partial charge on any atom is 0.255 e. The van der Waals surface area contributed by atoms with E-state index in [1.54, 1.807) is 0 Å². The molecule has 1 heterocycles. The quantitative estimate of drug-likeness (QED) is 0.748. The lowest BCUT2D eigenvalue weighted by Gasteiger charge is -2.19.